The Morgan fingerprint density at radius 3 is 2.06 bits per heavy atom. The number of para-hydroxylation sites is 1. The number of hydrogen-bond donors (Lipinski definition) is 2. The Labute approximate surface area is 191 Å². The molecule has 6 nitrogen and oxygen atoms in total. The topological polar surface area (TPSA) is 80.6 Å². The fraction of sp³-hybridized carbons (Fsp3) is 0.0370. The lowest BCUT2D eigenvalue weighted by atomic mass is 10.2. The standard InChI is InChI=1S/C27H22N2O4/c1-19-12-15-24(32-19)18-25(29-26(30)20-8-4-2-5-9-20)27(31)28-21-13-16-23(17-14-21)33-22-10-6-3-7-11-22/h2-18H,1H3,(H,28,31)(H,29,30). The number of carbonyl (C=O) groups is 2. The maximum Gasteiger partial charge on any atom is 0.272 e. The van der Waals surface area contributed by atoms with Gasteiger partial charge in [-0.1, -0.05) is 36.4 Å². The second-order valence-electron chi connectivity index (χ2n) is 7.22. The van der Waals surface area contributed by atoms with Gasteiger partial charge in [-0.25, -0.2) is 0 Å². The molecule has 0 saturated carbocycles. The van der Waals surface area contributed by atoms with Crippen LogP contribution in [0.2, 0.25) is 0 Å². The molecule has 0 aliphatic heterocycles. The third kappa shape index (κ3) is 5.98. The fourth-order valence-electron chi connectivity index (χ4n) is 3.05. The number of benzene rings is 3. The summed E-state index contributed by atoms with van der Waals surface area (Å²) in [4.78, 5) is 25.6. The molecule has 0 radical (unpaired) electrons. The van der Waals surface area contributed by atoms with Gasteiger partial charge in [-0.05, 0) is 67.6 Å². The molecule has 0 aliphatic rings. The predicted molar refractivity (Wildman–Crippen MR) is 127 cm³/mol. The summed E-state index contributed by atoms with van der Waals surface area (Å²) in [6.07, 6.45) is 1.50. The first-order chi connectivity index (χ1) is 16.1. The van der Waals surface area contributed by atoms with E-state index < -0.39 is 11.8 Å². The van der Waals surface area contributed by atoms with Crippen LogP contribution in [0.15, 0.2) is 107 Å². The van der Waals surface area contributed by atoms with Gasteiger partial charge in [-0.15, -0.1) is 0 Å². The number of anilines is 1. The Morgan fingerprint density at radius 1 is 0.788 bits per heavy atom. The molecule has 2 N–H and O–H groups in total. The number of hydrogen-bond acceptors (Lipinski definition) is 4. The van der Waals surface area contributed by atoms with E-state index in [1.165, 1.54) is 6.08 Å². The van der Waals surface area contributed by atoms with Crippen molar-refractivity contribution in [3.63, 3.8) is 0 Å². The number of furan rings is 1. The Hall–Kier alpha value is -4.58. The van der Waals surface area contributed by atoms with Gasteiger partial charge in [0.05, 0.1) is 0 Å². The molecule has 4 rings (SSSR count). The number of nitrogens with one attached hydrogen (secondary N) is 2. The number of ether oxygens (including phenoxy) is 1. The minimum Gasteiger partial charge on any atom is -0.462 e. The summed E-state index contributed by atoms with van der Waals surface area (Å²) in [5, 5.41) is 5.48. The molecule has 4 aromatic rings. The van der Waals surface area contributed by atoms with Gasteiger partial charge in [-0.3, -0.25) is 9.59 Å². The SMILES string of the molecule is Cc1ccc(C=C(NC(=O)c2ccccc2)C(=O)Nc2ccc(Oc3ccccc3)cc2)o1. The van der Waals surface area contributed by atoms with Crippen LogP contribution >= 0.6 is 0 Å². The van der Waals surface area contributed by atoms with Crippen LogP contribution in [0.1, 0.15) is 21.9 Å². The van der Waals surface area contributed by atoms with Crippen LogP contribution in [0.25, 0.3) is 6.08 Å². The highest BCUT2D eigenvalue weighted by Crippen LogP contribution is 2.23. The molecule has 2 amide bonds. The van der Waals surface area contributed by atoms with Crippen molar-refractivity contribution in [2.45, 2.75) is 6.92 Å². The Bertz CT molecular complexity index is 1260. The zero-order valence-electron chi connectivity index (χ0n) is 17.9. The van der Waals surface area contributed by atoms with Crippen molar-refractivity contribution in [3.8, 4) is 11.5 Å². The molecule has 0 bridgehead atoms. The summed E-state index contributed by atoms with van der Waals surface area (Å²) in [5.41, 5.74) is 1.05. The highest BCUT2D eigenvalue weighted by atomic mass is 16.5. The van der Waals surface area contributed by atoms with Gasteiger partial charge < -0.3 is 19.8 Å². The summed E-state index contributed by atoms with van der Waals surface area (Å²) < 4.78 is 11.3. The summed E-state index contributed by atoms with van der Waals surface area (Å²) in [5.74, 6) is 1.63. The first-order valence-corrected chi connectivity index (χ1v) is 10.4. The first kappa shape index (κ1) is 21.6. The molecule has 3 aromatic carbocycles. The van der Waals surface area contributed by atoms with Crippen LogP contribution in [-0.2, 0) is 4.79 Å². The number of carbonyl (C=O) groups excluding carboxylic acids is 2. The van der Waals surface area contributed by atoms with E-state index in [2.05, 4.69) is 10.6 Å². The summed E-state index contributed by atoms with van der Waals surface area (Å²) >= 11 is 0. The highest BCUT2D eigenvalue weighted by molar-refractivity contribution is 6.10. The largest absolute Gasteiger partial charge is 0.462 e. The number of rotatable bonds is 7. The van der Waals surface area contributed by atoms with Crippen molar-refractivity contribution < 1.29 is 18.7 Å². The molecule has 0 saturated heterocycles. The van der Waals surface area contributed by atoms with Crippen molar-refractivity contribution >= 4 is 23.6 Å². The second kappa shape index (κ2) is 10.2. The van der Waals surface area contributed by atoms with Crippen molar-refractivity contribution in [1.29, 1.82) is 0 Å². The van der Waals surface area contributed by atoms with Gasteiger partial charge in [0.15, 0.2) is 0 Å². The average Bonchev–Trinajstić information content (AvgIpc) is 3.25. The quantitative estimate of drug-likeness (QED) is 0.358. The lowest BCUT2D eigenvalue weighted by Gasteiger charge is -2.11. The molecule has 0 fully saturated rings. The number of amides is 2. The van der Waals surface area contributed by atoms with E-state index in [9.17, 15) is 9.59 Å². The van der Waals surface area contributed by atoms with E-state index in [-0.39, 0.29) is 5.70 Å². The van der Waals surface area contributed by atoms with Gasteiger partial charge in [-0.2, -0.15) is 0 Å². The molecule has 0 aliphatic carbocycles. The maximum atomic E-state index is 13.0. The molecule has 6 heteroatoms. The zero-order valence-corrected chi connectivity index (χ0v) is 17.9. The third-order valence-corrected chi connectivity index (χ3v) is 4.67. The van der Waals surface area contributed by atoms with E-state index in [0.717, 1.165) is 5.75 Å². The van der Waals surface area contributed by atoms with E-state index in [0.29, 0.717) is 28.5 Å². The molecular weight excluding hydrogens is 416 g/mol. The van der Waals surface area contributed by atoms with Crippen molar-refractivity contribution in [1.82, 2.24) is 5.32 Å². The first-order valence-electron chi connectivity index (χ1n) is 10.4. The molecule has 0 atom stereocenters. The average molecular weight is 438 g/mol. The van der Waals surface area contributed by atoms with Gasteiger partial charge in [0.25, 0.3) is 11.8 Å². The van der Waals surface area contributed by atoms with Crippen molar-refractivity contribution in [3.05, 3.63) is 120 Å². The Kier molecular flexibility index (Phi) is 6.66. The van der Waals surface area contributed by atoms with E-state index in [1.54, 1.807) is 67.6 Å². The van der Waals surface area contributed by atoms with E-state index in [1.807, 2.05) is 36.4 Å². The minimum atomic E-state index is -0.481. The summed E-state index contributed by atoms with van der Waals surface area (Å²) in [7, 11) is 0. The molecule has 1 aromatic heterocycles. The minimum absolute atomic E-state index is 0.0582. The van der Waals surface area contributed by atoms with Crippen molar-refractivity contribution in [2.24, 2.45) is 0 Å². The Balaban J connectivity index is 1.50. The summed E-state index contributed by atoms with van der Waals surface area (Å²) in [6, 6.07) is 28.6. The van der Waals surface area contributed by atoms with Gasteiger partial charge in [0.2, 0.25) is 0 Å². The van der Waals surface area contributed by atoms with E-state index in [4.69, 9.17) is 9.15 Å². The van der Waals surface area contributed by atoms with Crippen LogP contribution in [0.3, 0.4) is 0 Å². The van der Waals surface area contributed by atoms with Crippen LogP contribution in [0.5, 0.6) is 11.5 Å². The van der Waals surface area contributed by atoms with Gasteiger partial charge >= 0.3 is 0 Å². The molecule has 33 heavy (non-hydrogen) atoms. The fourth-order valence-corrected chi connectivity index (χ4v) is 3.05. The maximum absolute atomic E-state index is 13.0. The van der Waals surface area contributed by atoms with Crippen molar-refractivity contribution in [2.75, 3.05) is 5.32 Å². The normalized spacial score (nSPS) is 11.0. The number of aryl methyl sites for hydroxylation is 1. The lowest BCUT2D eigenvalue weighted by molar-refractivity contribution is -0.113. The van der Waals surface area contributed by atoms with Crippen LogP contribution < -0.4 is 15.4 Å². The second-order valence-corrected chi connectivity index (χ2v) is 7.22. The van der Waals surface area contributed by atoms with E-state index >= 15 is 0 Å². The van der Waals surface area contributed by atoms with Crippen LogP contribution in [0, 0.1) is 6.92 Å². The monoisotopic (exact) mass is 438 g/mol. The Morgan fingerprint density at radius 2 is 1.42 bits per heavy atom. The molecule has 0 unspecified atom stereocenters. The van der Waals surface area contributed by atoms with Gasteiger partial charge in [0.1, 0.15) is 28.7 Å². The van der Waals surface area contributed by atoms with Gasteiger partial charge in [0, 0.05) is 17.3 Å². The lowest BCUT2D eigenvalue weighted by Crippen LogP contribution is -2.30. The molecular formula is C27H22N2O4. The third-order valence-electron chi connectivity index (χ3n) is 4.67. The predicted octanol–water partition coefficient (Wildman–Crippen LogP) is 5.79. The highest BCUT2D eigenvalue weighted by Gasteiger charge is 2.16. The molecule has 0 spiro atoms. The smallest absolute Gasteiger partial charge is 0.272 e. The molecule has 1 heterocycles. The van der Waals surface area contributed by atoms with Crippen LogP contribution in [0.4, 0.5) is 5.69 Å². The van der Waals surface area contributed by atoms with Crippen LogP contribution in [-0.4, -0.2) is 11.8 Å². The zero-order chi connectivity index (χ0) is 23.0. The molecule has 164 valence electrons. The summed E-state index contributed by atoms with van der Waals surface area (Å²) in [6.45, 7) is 1.80.